The summed E-state index contributed by atoms with van der Waals surface area (Å²) < 4.78 is 26.2. The van der Waals surface area contributed by atoms with E-state index in [1.54, 1.807) is 6.07 Å². The van der Waals surface area contributed by atoms with Crippen LogP contribution in [0.4, 0.5) is 8.78 Å². The Kier molecular flexibility index (Phi) is 5.40. The highest BCUT2D eigenvalue weighted by Gasteiger charge is 2.10. The molecule has 1 N–H and O–H groups in total. The predicted molar refractivity (Wildman–Crippen MR) is 79.3 cm³/mol. The van der Waals surface area contributed by atoms with E-state index in [-0.39, 0.29) is 0 Å². The Balaban J connectivity index is 2.28. The summed E-state index contributed by atoms with van der Waals surface area (Å²) >= 11 is 7.57. The smallest absolute Gasteiger partial charge is 0.159 e. The molecule has 0 radical (unpaired) electrons. The molecule has 2 aromatic carbocycles. The van der Waals surface area contributed by atoms with Gasteiger partial charge in [-0.25, -0.2) is 8.78 Å². The molecule has 0 aliphatic heterocycles. The zero-order chi connectivity index (χ0) is 14.5. The molecule has 2 aromatic rings. The quantitative estimate of drug-likeness (QED) is 0.844. The van der Waals surface area contributed by atoms with Gasteiger partial charge in [-0.15, -0.1) is 0 Å². The summed E-state index contributed by atoms with van der Waals surface area (Å²) in [4.78, 5) is 1.58. The first-order valence-electron chi connectivity index (χ1n) is 6.23. The molecule has 0 aliphatic carbocycles. The molecule has 0 aliphatic rings. The minimum absolute atomic E-state index is 0.641. The lowest BCUT2D eigenvalue weighted by atomic mass is 10.2. The summed E-state index contributed by atoms with van der Waals surface area (Å²) in [6.07, 6.45) is 0. The van der Waals surface area contributed by atoms with Gasteiger partial charge in [-0.3, -0.25) is 0 Å². The van der Waals surface area contributed by atoms with Crippen LogP contribution in [0.1, 0.15) is 12.5 Å². The lowest BCUT2D eigenvalue weighted by molar-refractivity contribution is 0.506. The first-order chi connectivity index (χ1) is 9.61. The number of hydrogen-bond donors (Lipinski definition) is 1. The van der Waals surface area contributed by atoms with E-state index in [1.807, 2.05) is 25.1 Å². The van der Waals surface area contributed by atoms with Crippen LogP contribution in [0.3, 0.4) is 0 Å². The highest BCUT2D eigenvalue weighted by Crippen LogP contribution is 2.34. The van der Waals surface area contributed by atoms with Crippen molar-refractivity contribution in [2.75, 3.05) is 6.54 Å². The average molecular weight is 314 g/mol. The summed E-state index contributed by atoms with van der Waals surface area (Å²) in [6, 6.07) is 9.47. The molecular weight excluding hydrogens is 300 g/mol. The Morgan fingerprint density at radius 3 is 2.65 bits per heavy atom. The van der Waals surface area contributed by atoms with E-state index in [0.29, 0.717) is 16.5 Å². The third-order valence-corrected chi connectivity index (χ3v) is 4.19. The molecule has 0 atom stereocenters. The number of halogens is 3. The van der Waals surface area contributed by atoms with Crippen molar-refractivity contribution in [3.8, 4) is 0 Å². The highest BCUT2D eigenvalue weighted by molar-refractivity contribution is 7.99. The zero-order valence-electron chi connectivity index (χ0n) is 10.9. The Morgan fingerprint density at radius 1 is 1.15 bits per heavy atom. The van der Waals surface area contributed by atoms with Crippen LogP contribution in [0.25, 0.3) is 0 Å². The first kappa shape index (κ1) is 15.3. The molecule has 0 heterocycles. The minimum Gasteiger partial charge on any atom is -0.313 e. The predicted octanol–water partition coefficient (Wildman–Crippen LogP) is 4.88. The fraction of sp³-hybridized carbons (Fsp3) is 0.200. The molecule has 0 fully saturated rings. The average Bonchev–Trinajstić information content (AvgIpc) is 2.42. The maximum absolute atomic E-state index is 13.2. The zero-order valence-corrected chi connectivity index (χ0v) is 12.5. The molecule has 0 aromatic heterocycles. The van der Waals surface area contributed by atoms with Gasteiger partial charge < -0.3 is 5.32 Å². The van der Waals surface area contributed by atoms with Crippen molar-refractivity contribution in [2.24, 2.45) is 0 Å². The Labute approximate surface area is 126 Å². The van der Waals surface area contributed by atoms with Crippen LogP contribution in [0.2, 0.25) is 5.02 Å². The summed E-state index contributed by atoms with van der Waals surface area (Å²) in [6.45, 7) is 3.49. The molecule has 106 valence electrons. The van der Waals surface area contributed by atoms with Crippen LogP contribution in [-0.4, -0.2) is 6.54 Å². The van der Waals surface area contributed by atoms with E-state index in [1.165, 1.54) is 17.8 Å². The van der Waals surface area contributed by atoms with Crippen LogP contribution in [0.5, 0.6) is 0 Å². The van der Waals surface area contributed by atoms with Gasteiger partial charge in [-0.1, -0.05) is 36.4 Å². The van der Waals surface area contributed by atoms with Gasteiger partial charge in [0.25, 0.3) is 0 Å². The van der Waals surface area contributed by atoms with Crippen LogP contribution in [-0.2, 0) is 6.54 Å². The second kappa shape index (κ2) is 7.07. The van der Waals surface area contributed by atoms with Gasteiger partial charge in [0.05, 0.1) is 0 Å². The standard InChI is InChI=1S/C15H14ClF2NS/c1-2-19-9-11-12(16)4-3-5-15(11)20-10-6-7-13(17)14(18)8-10/h3-8,19H,2,9H2,1H3. The molecule has 1 nitrogen and oxygen atoms in total. The number of rotatable bonds is 5. The van der Waals surface area contributed by atoms with Gasteiger partial charge in [0.1, 0.15) is 0 Å². The topological polar surface area (TPSA) is 12.0 Å². The number of nitrogens with one attached hydrogen (secondary N) is 1. The van der Waals surface area contributed by atoms with Crippen LogP contribution in [0.15, 0.2) is 46.2 Å². The molecule has 0 unspecified atom stereocenters. The summed E-state index contributed by atoms with van der Waals surface area (Å²) in [7, 11) is 0. The number of benzene rings is 2. The molecule has 0 amide bonds. The van der Waals surface area contributed by atoms with Crippen LogP contribution >= 0.6 is 23.4 Å². The molecule has 2 rings (SSSR count). The highest BCUT2D eigenvalue weighted by atomic mass is 35.5. The second-order valence-electron chi connectivity index (χ2n) is 4.17. The Morgan fingerprint density at radius 2 is 1.95 bits per heavy atom. The van der Waals surface area contributed by atoms with E-state index < -0.39 is 11.6 Å². The fourth-order valence-corrected chi connectivity index (χ4v) is 3.03. The van der Waals surface area contributed by atoms with E-state index in [4.69, 9.17) is 11.6 Å². The van der Waals surface area contributed by atoms with Crippen molar-refractivity contribution in [1.29, 1.82) is 0 Å². The molecule has 0 bridgehead atoms. The number of hydrogen-bond acceptors (Lipinski definition) is 2. The van der Waals surface area contributed by atoms with Crippen LogP contribution < -0.4 is 5.32 Å². The van der Waals surface area contributed by atoms with Crippen molar-refractivity contribution >= 4 is 23.4 Å². The van der Waals surface area contributed by atoms with Crippen molar-refractivity contribution in [3.63, 3.8) is 0 Å². The van der Waals surface area contributed by atoms with Gasteiger partial charge in [0.15, 0.2) is 11.6 Å². The largest absolute Gasteiger partial charge is 0.313 e. The van der Waals surface area contributed by atoms with E-state index in [9.17, 15) is 8.78 Å². The van der Waals surface area contributed by atoms with Crippen molar-refractivity contribution < 1.29 is 8.78 Å². The lowest BCUT2D eigenvalue weighted by Gasteiger charge is -2.11. The second-order valence-corrected chi connectivity index (χ2v) is 5.70. The lowest BCUT2D eigenvalue weighted by Crippen LogP contribution is -2.12. The Bertz CT molecular complexity index is 604. The van der Waals surface area contributed by atoms with E-state index in [2.05, 4.69) is 5.32 Å². The molecule has 0 spiro atoms. The molecule has 5 heteroatoms. The van der Waals surface area contributed by atoms with Gasteiger partial charge in [-0.05, 0) is 42.4 Å². The van der Waals surface area contributed by atoms with E-state index >= 15 is 0 Å². The third kappa shape index (κ3) is 3.72. The van der Waals surface area contributed by atoms with Crippen LogP contribution in [0, 0.1) is 11.6 Å². The minimum atomic E-state index is -0.842. The monoisotopic (exact) mass is 313 g/mol. The van der Waals surface area contributed by atoms with Gasteiger partial charge in [0.2, 0.25) is 0 Å². The molecule has 20 heavy (non-hydrogen) atoms. The van der Waals surface area contributed by atoms with Crippen molar-refractivity contribution in [1.82, 2.24) is 5.32 Å². The van der Waals surface area contributed by atoms with Gasteiger partial charge in [-0.2, -0.15) is 0 Å². The summed E-state index contributed by atoms with van der Waals surface area (Å²) in [5, 5.41) is 3.89. The van der Waals surface area contributed by atoms with Crippen molar-refractivity contribution in [2.45, 2.75) is 23.3 Å². The maximum Gasteiger partial charge on any atom is 0.159 e. The molecular formula is C15H14ClF2NS. The normalized spacial score (nSPS) is 10.8. The Hall–Kier alpha value is -1.10. The SMILES string of the molecule is CCNCc1c(Cl)cccc1Sc1ccc(F)c(F)c1. The van der Waals surface area contributed by atoms with Gasteiger partial charge in [0, 0.05) is 21.4 Å². The van der Waals surface area contributed by atoms with E-state index in [0.717, 1.165) is 23.1 Å². The molecule has 0 saturated heterocycles. The molecule has 0 saturated carbocycles. The van der Waals surface area contributed by atoms with Crippen molar-refractivity contribution in [3.05, 3.63) is 58.6 Å². The maximum atomic E-state index is 13.2. The third-order valence-electron chi connectivity index (χ3n) is 2.75. The fourth-order valence-electron chi connectivity index (χ4n) is 1.72. The van der Waals surface area contributed by atoms with Gasteiger partial charge >= 0.3 is 0 Å². The first-order valence-corrected chi connectivity index (χ1v) is 7.42. The summed E-state index contributed by atoms with van der Waals surface area (Å²) in [5.74, 6) is -1.68. The summed E-state index contributed by atoms with van der Waals surface area (Å²) in [5.41, 5.74) is 0.964.